The fourth-order valence-corrected chi connectivity index (χ4v) is 2.68. The van der Waals surface area contributed by atoms with E-state index in [-0.39, 0.29) is 10.3 Å². The number of nitrogens with zero attached hydrogens (tertiary/aromatic N) is 2. The fraction of sp³-hybridized carbons (Fsp3) is 0.571. The zero-order valence-corrected chi connectivity index (χ0v) is 12.9. The minimum atomic E-state index is -0.405. The lowest BCUT2D eigenvalue weighted by atomic mass is 10.1. The zero-order chi connectivity index (χ0) is 14.0. The quantitative estimate of drug-likeness (QED) is 0.784. The van der Waals surface area contributed by atoms with Crippen molar-refractivity contribution in [2.45, 2.75) is 26.4 Å². The predicted octanol–water partition coefficient (Wildman–Crippen LogP) is 3.25. The van der Waals surface area contributed by atoms with Gasteiger partial charge in [-0.05, 0) is 41.9 Å². The molecule has 2 nitrogen and oxygen atoms in total. The van der Waals surface area contributed by atoms with Gasteiger partial charge in [0.1, 0.15) is 11.6 Å². The third-order valence-corrected chi connectivity index (χ3v) is 4.23. The van der Waals surface area contributed by atoms with E-state index in [9.17, 15) is 8.78 Å². The standard InChI is InChI=1S/C14H19BrF2N2/c1-10(2)19-5-3-18(4-6-19)9-11-7-14(17)12(15)8-13(11)16/h7-8,10H,3-6,9H2,1-2H3. The number of hydrogen-bond donors (Lipinski definition) is 0. The van der Waals surface area contributed by atoms with E-state index in [0.29, 0.717) is 18.2 Å². The second-order valence-corrected chi connectivity index (χ2v) is 6.12. The topological polar surface area (TPSA) is 6.48 Å². The largest absolute Gasteiger partial charge is 0.298 e. The number of halogens is 3. The second-order valence-electron chi connectivity index (χ2n) is 5.26. The zero-order valence-electron chi connectivity index (χ0n) is 11.3. The summed E-state index contributed by atoms with van der Waals surface area (Å²) in [6.07, 6.45) is 0. The van der Waals surface area contributed by atoms with E-state index in [2.05, 4.69) is 39.6 Å². The molecule has 19 heavy (non-hydrogen) atoms. The van der Waals surface area contributed by atoms with Crippen molar-refractivity contribution in [1.82, 2.24) is 9.80 Å². The molecule has 0 radical (unpaired) electrons. The van der Waals surface area contributed by atoms with E-state index in [1.54, 1.807) is 0 Å². The maximum absolute atomic E-state index is 13.8. The lowest BCUT2D eigenvalue weighted by Gasteiger charge is -2.37. The Kier molecular flexibility index (Phi) is 4.92. The molecule has 0 bridgehead atoms. The van der Waals surface area contributed by atoms with Crippen molar-refractivity contribution in [3.8, 4) is 0 Å². The van der Waals surface area contributed by atoms with Crippen LogP contribution in [0, 0.1) is 11.6 Å². The van der Waals surface area contributed by atoms with Gasteiger partial charge < -0.3 is 0 Å². The van der Waals surface area contributed by atoms with Crippen molar-refractivity contribution < 1.29 is 8.78 Å². The summed E-state index contributed by atoms with van der Waals surface area (Å²) < 4.78 is 27.4. The monoisotopic (exact) mass is 332 g/mol. The summed E-state index contributed by atoms with van der Waals surface area (Å²) in [5, 5.41) is 0. The second kappa shape index (κ2) is 6.29. The third kappa shape index (κ3) is 3.74. The lowest BCUT2D eigenvalue weighted by molar-refractivity contribution is 0.103. The van der Waals surface area contributed by atoms with Crippen molar-refractivity contribution in [3.05, 3.63) is 33.8 Å². The molecule has 1 aromatic rings. The van der Waals surface area contributed by atoms with Crippen molar-refractivity contribution in [3.63, 3.8) is 0 Å². The van der Waals surface area contributed by atoms with Gasteiger partial charge in [-0.2, -0.15) is 0 Å². The minimum Gasteiger partial charge on any atom is -0.298 e. The molecule has 2 rings (SSSR count). The van der Waals surface area contributed by atoms with Gasteiger partial charge >= 0.3 is 0 Å². The first kappa shape index (κ1) is 14.9. The molecule has 0 unspecified atom stereocenters. The summed E-state index contributed by atoms with van der Waals surface area (Å²) >= 11 is 2.99. The van der Waals surface area contributed by atoms with E-state index < -0.39 is 5.82 Å². The Labute approximate surface area is 121 Å². The average molecular weight is 333 g/mol. The first-order valence-electron chi connectivity index (χ1n) is 6.57. The van der Waals surface area contributed by atoms with Crippen LogP contribution in [0.15, 0.2) is 16.6 Å². The Bertz CT molecular complexity index is 443. The summed E-state index contributed by atoms with van der Waals surface area (Å²) in [5.41, 5.74) is 0.429. The Morgan fingerprint density at radius 3 is 2.32 bits per heavy atom. The summed E-state index contributed by atoms with van der Waals surface area (Å²) in [5.74, 6) is -0.753. The molecule has 0 amide bonds. The molecule has 1 aromatic carbocycles. The summed E-state index contributed by atoms with van der Waals surface area (Å²) in [7, 11) is 0. The molecule has 1 saturated heterocycles. The first-order chi connectivity index (χ1) is 8.97. The van der Waals surface area contributed by atoms with E-state index in [0.717, 1.165) is 26.2 Å². The fourth-order valence-electron chi connectivity index (χ4n) is 2.36. The van der Waals surface area contributed by atoms with Crippen LogP contribution in [0.2, 0.25) is 0 Å². The van der Waals surface area contributed by atoms with Crippen LogP contribution in [0.5, 0.6) is 0 Å². The highest BCUT2D eigenvalue weighted by molar-refractivity contribution is 9.10. The predicted molar refractivity (Wildman–Crippen MR) is 76.0 cm³/mol. The molecule has 1 heterocycles. The van der Waals surface area contributed by atoms with E-state index in [1.807, 2.05) is 0 Å². The maximum atomic E-state index is 13.8. The van der Waals surface area contributed by atoms with E-state index in [4.69, 9.17) is 0 Å². The SMILES string of the molecule is CC(C)N1CCN(Cc2cc(F)c(Br)cc2F)CC1. The molecule has 0 N–H and O–H groups in total. The Hall–Kier alpha value is -0.520. The van der Waals surface area contributed by atoms with Gasteiger partial charge in [-0.15, -0.1) is 0 Å². The number of piperazine rings is 1. The smallest absolute Gasteiger partial charge is 0.137 e. The molecule has 0 atom stereocenters. The molecule has 0 aliphatic carbocycles. The highest BCUT2D eigenvalue weighted by Crippen LogP contribution is 2.21. The van der Waals surface area contributed by atoms with E-state index >= 15 is 0 Å². The maximum Gasteiger partial charge on any atom is 0.137 e. The molecule has 1 fully saturated rings. The molecule has 1 aliphatic heterocycles. The van der Waals surface area contributed by atoms with Gasteiger partial charge in [0.2, 0.25) is 0 Å². The van der Waals surface area contributed by atoms with Crippen molar-refractivity contribution in [2.24, 2.45) is 0 Å². The molecular formula is C14H19BrF2N2. The molecule has 0 spiro atoms. The summed E-state index contributed by atoms with van der Waals surface area (Å²) in [4.78, 5) is 4.57. The Balaban J connectivity index is 1.98. The average Bonchev–Trinajstić information content (AvgIpc) is 2.36. The number of rotatable bonds is 3. The highest BCUT2D eigenvalue weighted by atomic mass is 79.9. The van der Waals surface area contributed by atoms with Gasteiger partial charge in [0.25, 0.3) is 0 Å². The summed E-state index contributed by atoms with van der Waals surface area (Å²) in [6, 6.07) is 3.03. The van der Waals surface area contributed by atoms with Crippen LogP contribution in [0.25, 0.3) is 0 Å². The van der Waals surface area contributed by atoms with Gasteiger partial charge in [0.05, 0.1) is 4.47 Å². The van der Waals surface area contributed by atoms with Gasteiger partial charge in [-0.1, -0.05) is 0 Å². The van der Waals surface area contributed by atoms with Gasteiger partial charge in [-0.3, -0.25) is 9.80 Å². The third-order valence-electron chi connectivity index (χ3n) is 3.62. The van der Waals surface area contributed by atoms with Crippen LogP contribution in [0.1, 0.15) is 19.4 Å². The Morgan fingerprint density at radius 2 is 1.74 bits per heavy atom. The number of benzene rings is 1. The first-order valence-corrected chi connectivity index (χ1v) is 7.36. The van der Waals surface area contributed by atoms with Crippen LogP contribution in [-0.2, 0) is 6.54 Å². The number of hydrogen-bond acceptors (Lipinski definition) is 2. The van der Waals surface area contributed by atoms with Crippen molar-refractivity contribution >= 4 is 15.9 Å². The molecule has 0 aromatic heterocycles. The molecule has 1 aliphatic rings. The van der Waals surface area contributed by atoms with Gasteiger partial charge in [-0.25, -0.2) is 8.78 Å². The van der Waals surface area contributed by atoms with Crippen LogP contribution in [0.4, 0.5) is 8.78 Å². The van der Waals surface area contributed by atoms with E-state index in [1.165, 1.54) is 12.1 Å². The van der Waals surface area contributed by atoms with Crippen LogP contribution in [0.3, 0.4) is 0 Å². The molecule has 106 valence electrons. The Morgan fingerprint density at radius 1 is 1.11 bits per heavy atom. The van der Waals surface area contributed by atoms with Crippen molar-refractivity contribution in [1.29, 1.82) is 0 Å². The molecular weight excluding hydrogens is 314 g/mol. The lowest BCUT2D eigenvalue weighted by Crippen LogP contribution is -2.48. The summed E-state index contributed by atoms with van der Waals surface area (Å²) in [6.45, 7) is 8.60. The molecule has 5 heteroatoms. The minimum absolute atomic E-state index is 0.179. The van der Waals surface area contributed by atoms with Gasteiger partial charge in [0.15, 0.2) is 0 Å². The van der Waals surface area contributed by atoms with Crippen LogP contribution >= 0.6 is 15.9 Å². The normalized spacial score (nSPS) is 18.2. The van der Waals surface area contributed by atoms with Crippen LogP contribution in [-0.4, -0.2) is 42.0 Å². The van der Waals surface area contributed by atoms with Gasteiger partial charge in [0, 0.05) is 44.3 Å². The van der Waals surface area contributed by atoms with Crippen LogP contribution < -0.4 is 0 Å². The highest BCUT2D eigenvalue weighted by Gasteiger charge is 2.20. The van der Waals surface area contributed by atoms with Crippen molar-refractivity contribution in [2.75, 3.05) is 26.2 Å². The molecule has 0 saturated carbocycles.